The van der Waals surface area contributed by atoms with Gasteiger partial charge in [0.2, 0.25) is 0 Å². The van der Waals surface area contributed by atoms with Crippen molar-refractivity contribution in [2.75, 3.05) is 27.3 Å². The van der Waals surface area contributed by atoms with Gasteiger partial charge in [0.25, 0.3) is 0 Å². The van der Waals surface area contributed by atoms with Gasteiger partial charge in [-0.05, 0) is 36.9 Å². The van der Waals surface area contributed by atoms with Crippen LogP contribution in [0.3, 0.4) is 0 Å². The smallest absolute Gasteiger partial charge is 0.124 e. The number of methoxy groups -OCH3 is 2. The van der Waals surface area contributed by atoms with Gasteiger partial charge in [0.05, 0.1) is 13.7 Å². The molecule has 17 heavy (non-hydrogen) atoms. The number of nitrogens with one attached hydrogen (secondary N) is 1. The van der Waals surface area contributed by atoms with Crippen LogP contribution in [0.4, 0.5) is 0 Å². The lowest BCUT2D eigenvalue weighted by molar-refractivity contribution is 0.181. The van der Waals surface area contributed by atoms with E-state index in [0.717, 1.165) is 24.4 Å². The molecule has 1 heterocycles. The molecule has 3 heteroatoms. The zero-order chi connectivity index (χ0) is 12.1. The zero-order valence-corrected chi connectivity index (χ0v) is 10.7. The van der Waals surface area contributed by atoms with Crippen LogP contribution in [0.1, 0.15) is 29.9 Å². The van der Waals surface area contributed by atoms with E-state index in [9.17, 15) is 0 Å². The second kappa shape index (κ2) is 6.03. The second-order valence-corrected chi connectivity index (χ2v) is 4.55. The molecule has 1 aromatic carbocycles. The van der Waals surface area contributed by atoms with Crippen molar-refractivity contribution in [3.05, 3.63) is 29.3 Å². The maximum absolute atomic E-state index is 5.43. The number of rotatable bonds is 4. The summed E-state index contributed by atoms with van der Waals surface area (Å²) in [5.41, 5.74) is 2.48. The lowest BCUT2D eigenvalue weighted by Crippen LogP contribution is -2.28. The molecule has 1 aliphatic heterocycles. The minimum absolute atomic E-state index is 0.604. The molecule has 0 bridgehead atoms. The van der Waals surface area contributed by atoms with Gasteiger partial charge >= 0.3 is 0 Å². The normalized spacial score (nSPS) is 20.2. The summed E-state index contributed by atoms with van der Waals surface area (Å²) >= 11 is 0. The first-order chi connectivity index (χ1) is 8.35. The minimum Gasteiger partial charge on any atom is -0.496 e. The van der Waals surface area contributed by atoms with E-state index < -0.39 is 0 Å². The first-order valence-corrected chi connectivity index (χ1v) is 6.21. The van der Waals surface area contributed by atoms with Crippen molar-refractivity contribution in [2.24, 2.45) is 0 Å². The van der Waals surface area contributed by atoms with Gasteiger partial charge in [-0.2, -0.15) is 0 Å². The molecule has 1 atom stereocenters. The van der Waals surface area contributed by atoms with Crippen molar-refractivity contribution in [1.82, 2.24) is 5.32 Å². The Kier molecular flexibility index (Phi) is 4.40. The Hall–Kier alpha value is -1.06. The number of benzene rings is 1. The van der Waals surface area contributed by atoms with Crippen LogP contribution < -0.4 is 10.1 Å². The van der Waals surface area contributed by atoms with E-state index in [2.05, 4.69) is 23.5 Å². The summed E-state index contributed by atoms with van der Waals surface area (Å²) in [7, 11) is 3.43. The van der Waals surface area contributed by atoms with Crippen LogP contribution >= 0.6 is 0 Å². The van der Waals surface area contributed by atoms with Crippen molar-refractivity contribution >= 4 is 0 Å². The second-order valence-electron chi connectivity index (χ2n) is 4.55. The van der Waals surface area contributed by atoms with Crippen LogP contribution in [0.15, 0.2) is 18.2 Å². The maximum atomic E-state index is 5.43. The van der Waals surface area contributed by atoms with Gasteiger partial charge in [0, 0.05) is 19.2 Å². The summed E-state index contributed by atoms with van der Waals surface area (Å²) < 4.78 is 10.6. The van der Waals surface area contributed by atoms with Crippen LogP contribution in [0.5, 0.6) is 5.75 Å². The van der Waals surface area contributed by atoms with Gasteiger partial charge in [-0.1, -0.05) is 12.1 Å². The number of ether oxygens (including phenoxy) is 2. The number of hydrogen-bond donors (Lipinski definition) is 1. The third-order valence-corrected chi connectivity index (χ3v) is 3.38. The Balaban J connectivity index is 2.17. The molecule has 1 saturated heterocycles. The highest BCUT2D eigenvalue weighted by atomic mass is 16.5. The molecule has 0 spiro atoms. The zero-order valence-electron chi connectivity index (χ0n) is 10.7. The minimum atomic E-state index is 0.604. The van der Waals surface area contributed by atoms with E-state index in [-0.39, 0.29) is 0 Å². The van der Waals surface area contributed by atoms with Gasteiger partial charge < -0.3 is 14.8 Å². The van der Waals surface area contributed by atoms with Crippen LogP contribution in [0.2, 0.25) is 0 Å². The molecule has 0 radical (unpaired) electrons. The van der Waals surface area contributed by atoms with Gasteiger partial charge in [0.1, 0.15) is 5.75 Å². The van der Waals surface area contributed by atoms with Crippen LogP contribution in [-0.4, -0.2) is 27.3 Å². The van der Waals surface area contributed by atoms with E-state index in [1.54, 1.807) is 14.2 Å². The molecule has 1 aliphatic rings. The third-order valence-electron chi connectivity index (χ3n) is 3.38. The Morgan fingerprint density at radius 1 is 1.35 bits per heavy atom. The van der Waals surface area contributed by atoms with Crippen molar-refractivity contribution in [3.63, 3.8) is 0 Å². The van der Waals surface area contributed by atoms with Crippen molar-refractivity contribution in [3.8, 4) is 5.75 Å². The molecule has 2 rings (SSSR count). The molecular weight excluding hydrogens is 214 g/mol. The van der Waals surface area contributed by atoms with Gasteiger partial charge in [-0.15, -0.1) is 0 Å². The molecule has 1 N–H and O–H groups in total. The quantitative estimate of drug-likeness (QED) is 0.868. The molecule has 0 aliphatic carbocycles. The first kappa shape index (κ1) is 12.4. The Morgan fingerprint density at radius 2 is 2.24 bits per heavy atom. The fourth-order valence-electron chi connectivity index (χ4n) is 2.43. The molecule has 1 fully saturated rings. The Bertz CT molecular complexity index is 359. The topological polar surface area (TPSA) is 30.5 Å². The summed E-state index contributed by atoms with van der Waals surface area (Å²) in [4.78, 5) is 0. The highest BCUT2D eigenvalue weighted by Crippen LogP contribution is 2.28. The molecular formula is C14H21NO2. The molecule has 1 aromatic rings. The predicted octanol–water partition coefficient (Wildman–Crippen LogP) is 2.31. The predicted molar refractivity (Wildman–Crippen MR) is 68.6 cm³/mol. The van der Waals surface area contributed by atoms with Gasteiger partial charge in [0.15, 0.2) is 0 Å². The lowest BCUT2D eigenvalue weighted by Gasteiger charge is -2.24. The molecule has 1 unspecified atom stereocenters. The van der Waals surface area contributed by atoms with Gasteiger partial charge in [-0.25, -0.2) is 0 Å². The SMILES string of the molecule is COCc1ccc(C2CCCNC2)cc1OC. The molecule has 0 amide bonds. The average molecular weight is 235 g/mol. The van der Waals surface area contributed by atoms with E-state index in [1.165, 1.54) is 18.4 Å². The summed E-state index contributed by atoms with van der Waals surface area (Å²) in [5.74, 6) is 1.56. The van der Waals surface area contributed by atoms with E-state index in [1.807, 2.05) is 0 Å². The van der Waals surface area contributed by atoms with Gasteiger partial charge in [-0.3, -0.25) is 0 Å². The first-order valence-electron chi connectivity index (χ1n) is 6.21. The highest BCUT2D eigenvalue weighted by molar-refractivity contribution is 5.39. The standard InChI is InChI=1S/C14H21NO2/c1-16-10-13-6-5-11(8-14(13)17-2)12-4-3-7-15-9-12/h5-6,8,12,15H,3-4,7,9-10H2,1-2H3. The summed E-state index contributed by atoms with van der Waals surface area (Å²) in [6.07, 6.45) is 2.52. The fraction of sp³-hybridized carbons (Fsp3) is 0.571. The van der Waals surface area contributed by atoms with E-state index >= 15 is 0 Å². The molecule has 0 saturated carbocycles. The largest absolute Gasteiger partial charge is 0.496 e. The number of hydrogen-bond acceptors (Lipinski definition) is 3. The van der Waals surface area contributed by atoms with Crippen LogP contribution in [-0.2, 0) is 11.3 Å². The third kappa shape index (κ3) is 2.99. The average Bonchev–Trinajstić information content (AvgIpc) is 2.40. The summed E-state index contributed by atoms with van der Waals surface area (Å²) in [6.45, 7) is 2.83. The summed E-state index contributed by atoms with van der Waals surface area (Å²) in [5, 5.41) is 3.45. The molecule has 94 valence electrons. The van der Waals surface area contributed by atoms with Crippen LogP contribution in [0, 0.1) is 0 Å². The highest BCUT2D eigenvalue weighted by Gasteiger charge is 2.16. The fourth-order valence-corrected chi connectivity index (χ4v) is 2.43. The number of piperidine rings is 1. The van der Waals surface area contributed by atoms with E-state index in [4.69, 9.17) is 9.47 Å². The van der Waals surface area contributed by atoms with Crippen molar-refractivity contribution in [1.29, 1.82) is 0 Å². The van der Waals surface area contributed by atoms with Crippen molar-refractivity contribution in [2.45, 2.75) is 25.4 Å². The van der Waals surface area contributed by atoms with Crippen LogP contribution in [0.25, 0.3) is 0 Å². The summed E-state index contributed by atoms with van der Waals surface area (Å²) in [6, 6.07) is 6.48. The lowest BCUT2D eigenvalue weighted by atomic mass is 9.91. The Labute approximate surface area is 103 Å². The Morgan fingerprint density at radius 3 is 2.88 bits per heavy atom. The maximum Gasteiger partial charge on any atom is 0.124 e. The molecule has 3 nitrogen and oxygen atoms in total. The van der Waals surface area contributed by atoms with E-state index in [0.29, 0.717) is 12.5 Å². The molecule has 0 aromatic heterocycles. The van der Waals surface area contributed by atoms with Crippen molar-refractivity contribution < 1.29 is 9.47 Å². The monoisotopic (exact) mass is 235 g/mol.